The van der Waals surface area contributed by atoms with Crippen molar-refractivity contribution in [1.82, 2.24) is 0 Å². The Bertz CT molecular complexity index is 196. The third-order valence-electron chi connectivity index (χ3n) is 2.41. The van der Waals surface area contributed by atoms with E-state index in [-0.39, 0.29) is 0 Å². The molecule has 0 aliphatic heterocycles. The van der Waals surface area contributed by atoms with E-state index in [1.807, 2.05) is 6.92 Å². The minimum absolute atomic E-state index is 0.885. The van der Waals surface area contributed by atoms with Gasteiger partial charge >= 0.3 is 0 Å². The number of allylic oxidation sites excluding steroid dienone is 2. The largest absolute Gasteiger partial charge is 0.193 e. The van der Waals surface area contributed by atoms with Crippen molar-refractivity contribution in [1.29, 1.82) is 5.26 Å². The molecular weight excluding hydrogens is 158 g/mol. The quantitative estimate of drug-likeness (QED) is 0.442. The van der Waals surface area contributed by atoms with Crippen molar-refractivity contribution in [2.75, 3.05) is 0 Å². The predicted molar refractivity (Wildman–Crippen MR) is 57.4 cm³/mol. The highest BCUT2D eigenvalue weighted by atomic mass is 14.2. The minimum atomic E-state index is 0.885. The molecule has 1 nitrogen and oxygen atoms in total. The fourth-order valence-corrected chi connectivity index (χ4v) is 1.44. The van der Waals surface area contributed by atoms with Crippen LogP contribution in [0.5, 0.6) is 0 Å². The van der Waals surface area contributed by atoms with Gasteiger partial charge in [0.05, 0.1) is 6.07 Å². The molecule has 0 unspecified atom stereocenters. The highest BCUT2D eigenvalue weighted by Crippen LogP contribution is 2.15. The molecule has 13 heavy (non-hydrogen) atoms. The Morgan fingerprint density at radius 2 is 1.85 bits per heavy atom. The van der Waals surface area contributed by atoms with Crippen molar-refractivity contribution in [2.45, 2.75) is 59.3 Å². The molecule has 0 aliphatic carbocycles. The Labute approximate surface area is 82.5 Å². The first-order valence-electron chi connectivity index (χ1n) is 5.34. The first kappa shape index (κ1) is 12.2. The van der Waals surface area contributed by atoms with Crippen LogP contribution in [0.1, 0.15) is 59.3 Å². The van der Waals surface area contributed by atoms with Crippen LogP contribution in [0.15, 0.2) is 11.1 Å². The average molecular weight is 179 g/mol. The van der Waals surface area contributed by atoms with Crippen molar-refractivity contribution < 1.29 is 0 Å². The van der Waals surface area contributed by atoms with Crippen LogP contribution in [-0.4, -0.2) is 0 Å². The van der Waals surface area contributed by atoms with Crippen molar-refractivity contribution in [3.05, 3.63) is 11.1 Å². The summed E-state index contributed by atoms with van der Waals surface area (Å²) in [7, 11) is 0. The highest BCUT2D eigenvalue weighted by molar-refractivity contribution is 5.25. The summed E-state index contributed by atoms with van der Waals surface area (Å²) in [5.74, 6) is 0. The highest BCUT2D eigenvalue weighted by Gasteiger charge is 1.98. The van der Waals surface area contributed by atoms with E-state index in [9.17, 15) is 0 Å². The molecule has 74 valence electrons. The van der Waals surface area contributed by atoms with Gasteiger partial charge in [-0.15, -0.1) is 0 Å². The molecule has 0 bridgehead atoms. The SMILES string of the molecule is CCCCCCC(C)=C(C#N)CC. The van der Waals surface area contributed by atoms with Crippen LogP contribution in [0.4, 0.5) is 0 Å². The van der Waals surface area contributed by atoms with Crippen molar-refractivity contribution in [3.63, 3.8) is 0 Å². The lowest BCUT2D eigenvalue weighted by molar-refractivity contribution is 0.662. The maximum Gasteiger partial charge on any atom is 0.0946 e. The van der Waals surface area contributed by atoms with Gasteiger partial charge in [0.15, 0.2) is 0 Å². The number of nitriles is 1. The fraction of sp³-hybridized carbons (Fsp3) is 0.750. The number of unbranched alkanes of at least 4 members (excludes halogenated alkanes) is 3. The summed E-state index contributed by atoms with van der Waals surface area (Å²) < 4.78 is 0. The molecule has 0 fully saturated rings. The van der Waals surface area contributed by atoms with Crippen LogP contribution in [0, 0.1) is 11.3 Å². The molecule has 0 aromatic heterocycles. The molecule has 0 aromatic carbocycles. The molecule has 0 saturated carbocycles. The second-order valence-corrected chi connectivity index (χ2v) is 3.53. The zero-order valence-corrected chi connectivity index (χ0v) is 9.19. The molecule has 0 heterocycles. The Kier molecular flexibility index (Phi) is 7.39. The third kappa shape index (κ3) is 5.47. The summed E-state index contributed by atoms with van der Waals surface area (Å²) >= 11 is 0. The van der Waals surface area contributed by atoms with Crippen LogP contribution in [-0.2, 0) is 0 Å². The summed E-state index contributed by atoms with van der Waals surface area (Å²) in [6.07, 6.45) is 7.14. The minimum Gasteiger partial charge on any atom is -0.193 e. The lowest BCUT2D eigenvalue weighted by Crippen LogP contribution is -1.86. The standard InChI is InChI=1S/C12H21N/c1-4-6-7-8-9-11(3)12(5-2)10-13/h4-9H2,1-3H3. The van der Waals surface area contributed by atoms with Gasteiger partial charge in [-0.2, -0.15) is 5.26 Å². The van der Waals surface area contributed by atoms with Crippen molar-refractivity contribution >= 4 is 0 Å². The lowest BCUT2D eigenvalue weighted by Gasteiger charge is -2.03. The maximum absolute atomic E-state index is 8.79. The van der Waals surface area contributed by atoms with Crippen LogP contribution in [0.2, 0.25) is 0 Å². The van der Waals surface area contributed by atoms with E-state index < -0.39 is 0 Å². The monoisotopic (exact) mass is 179 g/mol. The summed E-state index contributed by atoms with van der Waals surface area (Å²) in [5, 5.41) is 8.79. The van der Waals surface area contributed by atoms with Gasteiger partial charge in [0, 0.05) is 5.57 Å². The first-order valence-corrected chi connectivity index (χ1v) is 5.34. The number of hydrogen-bond donors (Lipinski definition) is 0. The zero-order chi connectivity index (χ0) is 10.1. The van der Waals surface area contributed by atoms with Gasteiger partial charge in [-0.1, -0.05) is 38.7 Å². The molecule has 0 saturated heterocycles. The molecule has 0 amide bonds. The van der Waals surface area contributed by atoms with E-state index in [1.54, 1.807) is 0 Å². The number of nitrogens with zero attached hydrogens (tertiary/aromatic N) is 1. The van der Waals surface area contributed by atoms with E-state index in [0.717, 1.165) is 18.4 Å². The molecule has 0 radical (unpaired) electrons. The second kappa shape index (κ2) is 7.86. The summed E-state index contributed by atoms with van der Waals surface area (Å²) in [6, 6.07) is 2.27. The topological polar surface area (TPSA) is 23.8 Å². The van der Waals surface area contributed by atoms with Gasteiger partial charge in [0.25, 0.3) is 0 Å². The van der Waals surface area contributed by atoms with Gasteiger partial charge in [0.2, 0.25) is 0 Å². The Balaban J connectivity index is 3.78. The third-order valence-corrected chi connectivity index (χ3v) is 2.41. The van der Waals surface area contributed by atoms with Gasteiger partial charge in [-0.25, -0.2) is 0 Å². The van der Waals surface area contributed by atoms with Crippen LogP contribution in [0.3, 0.4) is 0 Å². The van der Waals surface area contributed by atoms with E-state index >= 15 is 0 Å². The van der Waals surface area contributed by atoms with Crippen molar-refractivity contribution in [3.8, 4) is 6.07 Å². The summed E-state index contributed by atoms with van der Waals surface area (Å²) in [6.45, 7) is 6.36. The fourth-order valence-electron chi connectivity index (χ4n) is 1.44. The Hall–Kier alpha value is -0.770. The normalized spacial score (nSPS) is 12.2. The first-order chi connectivity index (χ1) is 6.26. The van der Waals surface area contributed by atoms with Gasteiger partial charge in [-0.05, 0) is 26.2 Å². The molecule has 0 N–H and O–H groups in total. The van der Waals surface area contributed by atoms with Crippen LogP contribution < -0.4 is 0 Å². The van der Waals surface area contributed by atoms with E-state index in [0.29, 0.717) is 0 Å². The van der Waals surface area contributed by atoms with E-state index in [1.165, 1.54) is 31.3 Å². The maximum atomic E-state index is 8.79. The number of hydrogen-bond acceptors (Lipinski definition) is 1. The van der Waals surface area contributed by atoms with Gasteiger partial charge in [0.1, 0.15) is 0 Å². The second-order valence-electron chi connectivity index (χ2n) is 3.53. The molecule has 0 rings (SSSR count). The molecule has 0 atom stereocenters. The van der Waals surface area contributed by atoms with E-state index in [4.69, 9.17) is 5.26 Å². The molecule has 1 heteroatoms. The Morgan fingerprint density at radius 1 is 1.15 bits per heavy atom. The molecule has 0 aliphatic rings. The molecule has 0 aromatic rings. The van der Waals surface area contributed by atoms with Crippen LogP contribution in [0.25, 0.3) is 0 Å². The summed E-state index contributed by atoms with van der Waals surface area (Å²) in [5.41, 5.74) is 2.28. The Morgan fingerprint density at radius 3 is 2.31 bits per heavy atom. The lowest BCUT2D eigenvalue weighted by atomic mass is 10.0. The average Bonchev–Trinajstić information content (AvgIpc) is 2.14. The molecule has 0 spiro atoms. The number of rotatable bonds is 6. The van der Waals surface area contributed by atoms with Gasteiger partial charge < -0.3 is 0 Å². The van der Waals surface area contributed by atoms with E-state index in [2.05, 4.69) is 19.9 Å². The molecular formula is C12H21N. The van der Waals surface area contributed by atoms with Gasteiger partial charge in [-0.3, -0.25) is 0 Å². The van der Waals surface area contributed by atoms with Crippen molar-refractivity contribution in [2.24, 2.45) is 0 Å². The zero-order valence-electron chi connectivity index (χ0n) is 9.19. The smallest absolute Gasteiger partial charge is 0.0946 e. The predicted octanol–water partition coefficient (Wildman–Crippen LogP) is 4.21. The summed E-state index contributed by atoms with van der Waals surface area (Å²) in [4.78, 5) is 0. The van der Waals surface area contributed by atoms with Crippen LogP contribution >= 0.6 is 0 Å².